The molecule has 0 atom stereocenters. The molecule has 8 rings (SSSR count). The van der Waals surface area contributed by atoms with Gasteiger partial charge in [0.1, 0.15) is 9.52 Å². The summed E-state index contributed by atoms with van der Waals surface area (Å²) in [5.41, 5.74) is 11.0. The number of fused-ring (bicyclic) bond motifs is 6. The Kier molecular flexibility index (Phi) is 13.2. The predicted molar refractivity (Wildman–Crippen MR) is 166 cm³/mol. The van der Waals surface area contributed by atoms with Gasteiger partial charge in [-0.2, -0.15) is 59.7 Å². The Hall–Kier alpha value is -3.00. The minimum Gasteiger partial charge on any atom is -1.00 e. The number of benzene rings is 6. The average molecular weight is 676 g/mol. The van der Waals surface area contributed by atoms with E-state index >= 15 is 0 Å². The summed E-state index contributed by atoms with van der Waals surface area (Å²) in [6.45, 7) is 0. The summed E-state index contributed by atoms with van der Waals surface area (Å²) in [4.78, 5) is 0. The Balaban J connectivity index is 0.000000167. The second-order valence-electron chi connectivity index (χ2n) is 9.76. The van der Waals surface area contributed by atoms with Crippen LogP contribution in [0, 0.1) is 12.1 Å². The second-order valence-corrected chi connectivity index (χ2v) is 11.4. The Morgan fingerprint density at radius 1 is 0.405 bits per heavy atom. The molecule has 0 saturated carbocycles. The first kappa shape index (κ1) is 33.5. The topological polar surface area (TPSA) is 0 Å². The van der Waals surface area contributed by atoms with Gasteiger partial charge in [-0.15, -0.1) is 11.1 Å². The quantitative estimate of drug-likeness (QED) is 0.191. The van der Waals surface area contributed by atoms with Gasteiger partial charge in [0.05, 0.1) is 0 Å². The summed E-state index contributed by atoms with van der Waals surface area (Å²) < 4.78 is 0. The first-order valence-corrected chi connectivity index (χ1v) is 14.6. The van der Waals surface area contributed by atoms with Crippen LogP contribution in [0.1, 0.15) is 22.3 Å². The summed E-state index contributed by atoms with van der Waals surface area (Å²) >= 11 is 0. The average Bonchev–Trinajstić information content (AvgIpc) is 3.58. The molecule has 1 radical (unpaired) electrons. The zero-order valence-corrected chi connectivity index (χ0v) is 28.2. The van der Waals surface area contributed by atoms with E-state index in [1.54, 1.807) is 0 Å². The van der Waals surface area contributed by atoms with Crippen molar-refractivity contribution in [3.8, 4) is 22.3 Å². The van der Waals surface area contributed by atoms with E-state index in [1.807, 2.05) is 12.1 Å². The Bertz CT molecular complexity index is 1470. The van der Waals surface area contributed by atoms with Crippen molar-refractivity contribution in [3.05, 3.63) is 180 Å². The van der Waals surface area contributed by atoms with E-state index in [2.05, 4.69) is 146 Å². The minimum absolute atomic E-state index is 0. The van der Waals surface area contributed by atoms with Gasteiger partial charge in [-0.1, -0.05) is 142 Å². The van der Waals surface area contributed by atoms with E-state index in [1.165, 1.54) is 54.9 Å². The molecule has 0 spiro atoms. The van der Waals surface area contributed by atoms with Crippen LogP contribution in [0.25, 0.3) is 22.3 Å². The maximum Gasteiger partial charge on any atom is 4.00 e. The van der Waals surface area contributed by atoms with E-state index in [-0.39, 0.29) is 60.5 Å². The Morgan fingerprint density at radius 2 is 0.762 bits per heavy atom. The number of hydrogen-bond acceptors (Lipinski definition) is 0. The van der Waals surface area contributed by atoms with Crippen LogP contribution in [0.15, 0.2) is 146 Å². The van der Waals surface area contributed by atoms with Gasteiger partial charge in [0.15, 0.2) is 0 Å². The van der Waals surface area contributed by atoms with Gasteiger partial charge in [-0.25, -0.2) is 0 Å². The van der Waals surface area contributed by atoms with E-state index < -0.39 is 0 Å². The van der Waals surface area contributed by atoms with E-state index in [4.69, 9.17) is 0 Å². The molecule has 0 unspecified atom stereocenters. The van der Waals surface area contributed by atoms with Gasteiger partial charge in [0.2, 0.25) is 0 Å². The molecule has 0 fully saturated rings. The molecule has 2 aliphatic rings. The zero-order chi connectivity index (χ0) is 26.3. The molecule has 0 nitrogen and oxygen atoms in total. The normalized spacial score (nSPS) is 10.7. The van der Waals surface area contributed by atoms with E-state index in [0.717, 1.165) is 12.8 Å². The van der Waals surface area contributed by atoms with Crippen LogP contribution in [0.3, 0.4) is 0 Å². The predicted octanol–water partition coefficient (Wildman–Crippen LogP) is 1.20. The third-order valence-electron chi connectivity index (χ3n) is 7.17. The minimum atomic E-state index is 0. The summed E-state index contributed by atoms with van der Waals surface area (Å²) in [7, 11) is 0.271. The van der Waals surface area contributed by atoms with Gasteiger partial charge in [-0.3, -0.25) is 0 Å². The molecular formula is C38H29Cl2SiZr. The van der Waals surface area contributed by atoms with Crippen LogP contribution in [0.5, 0.6) is 0 Å². The van der Waals surface area contributed by atoms with Crippen molar-refractivity contribution in [3.63, 3.8) is 0 Å². The molecule has 42 heavy (non-hydrogen) atoms. The van der Waals surface area contributed by atoms with Crippen molar-refractivity contribution in [2.45, 2.75) is 12.8 Å². The molecule has 0 N–H and O–H groups in total. The molecule has 0 amide bonds. The summed E-state index contributed by atoms with van der Waals surface area (Å²) in [5, 5.41) is 2.90. The van der Waals surface area contributed by atoms with Gasteiger partial charge in [0.25, 0.3) is 0 Å². The van der Waals surface area contributed by atoms with Crippen LogP contribution >= 0.6 is 0 Å². The Labute approximate surface area is 284 Å². The van der Waals surface area contributed by atoms with Crippen molar-refractivity contribution in [2.75, 3.05) is 0 Å². The number of rotatable bonds is 2. The van der Waals surface area contributed by atoms with E-state index in [9.17, 15) is 0 Å². The molecule has 0 aliphatic heterocycles. The monoisotopic (exact) mass is 673 g/mol. The van der Waals surface area contributed by atoms with Crippen LogP contribution < -0.4 is 35.2 Å². The van der Waals surface area contributed by atoms with Crippen molar-refractivity contribution >= 4 is 19.9 Å². The molecule has 6 aromatic carbocycles. The molecule has 2 aliphatic carbocycles. The SMILES string of the molecule is [Cl-].[Cl-].[Zr+4].[c-]1cccc2c1Cc1ccccc1-2.[c-]1cccc2c1Cc1ccccc1-2.c1ccc([SiH]c2ccccc2)cc1. The van der Waals surface area contributed by atoms with E-state index in [0.29, 0.717) is 0 Å². The van der Waals surface area contributed by atoms with Crippen LogP contribution in [0.4, 0.5) is 0 Å². The second kappa shape index (κ2) is 16.6. The molecule has 6 aromatic rings. The van der Waals surface area contributed by atoms with Gasteiger partial charge in [0, 0.05) is 0 Å². The molecule has 4 heteroatoms. The summed E-state index contributed by atoms with van der Waals surface area (Å²) in [5.74, 6) is 0. The zero-order valence-electron chi connectivity index (χ0n) is 23.1. The fourth-order valence-electron chi connectivity index (χ4n) is 5.29. The fourth-order valence-corrected chi connectivity index (χ4v) is 6.50. The smallest absolute Gasteiger partial charge is 1.00 e. The third-order valence-corrected chi connectivity index (χ3v) is 8.60. The first-order valence-electron chi connectivity index (χ1n) is 13.5. The molecule has 0 saturated heterocycles. The van der Waals surface area contributed by atoms with Gasteiger partial charge in [-0.05, 0) is 12.8 Å². The van der Waals surface area contributed by atoms with Crippen molar-refractivity contribution in [1.29, 1.82) is 0 Å². The third kappa shape index (κ3) is 8.09. The van der Waals surface area contributed by atoms with Gasteiger partial charge >= 0.3 is 26.2 Å². The van der Waals surface area contributed by atoms with Crippen LogP contribution in [-0.4, -0.2) is 9.52 Å². The summed E-state index contributed by atoms with van der Waals surface area (Å²) in [6, 6.07) is 57.5. The molecule has 203 valence electrons. The maximum absolute atomic E-state index is 3.30. The Morgan fingerprint density at radius 3 is 1.19 bits per heavy atom. The summed E-state index contributed by atoms with van der Waals surface area (Å²) in [6.07, 6.45) is 2.10. The van der Waals surface area contributed by atoms with Gasteiger partial charge < -0.3 is 24.8 Å². The van der Waals surface area contributed by atoms with Crippen molar-refractivity contribution < 1.29 is 51.0 Å². The number of hydrogen-bond donors (Lipinski definition) is 0. The van der Waals surface area contributed by atoms with Crippen molar-refractivity contribution in [2.24, 2.45) is 0 Å². The van der Waals surface area contributed by atoms with Crippen molar-refractivity contribution in [1.82, 2.24) is 0 Å². The largest absolute Gasteiger partial charge is 4.00 e. The first-order chi connectivity index (χ1) is 19.3. The molecule has 0 aromatic heterocycles. The molecule has 0 heterocycles. The maximum atomic E-state index is 3.30. The fraction of sp³-hybridized carbons (Fsp3) is 0.0526. The molecular weight excluding hydrogens is 647 g/mol. The standard InChI is InChI=1S/2C13H9.C12H11Si.2ClH.Zr/c2*1-3-7-12-10(5-1)9-11-6-2-4-8-13(11)12;1-3-7-11(8-4-1)13-12-9-5-2-6-10-12;;;/h2*1-5,7-8H,9H2;1-10,13H;2*1H;/q2*-1;;;;+4/p-2. The van der Waals surface area contributed by atoms with Crippen LogP contribution in [0.2, 0.25) is 0 Å². The van der Waals surface area contributed by atoms with Crippen LogP contribution in [-0.2, 0) is 39.0 Å². The number of halogens is 2. The molecule has 0 bridgehead atoms.